The van der Waals surface area contributed by atoms with E-state index in [4.69, 9.17) is 4.74 Å². The summed E-state index contributed by atoms with van der Waals surface area (Å²) in [5, 5.41) is 0. The number of nitrogens with zero attached hydrogens (tertiary/aromatic N) is 3. The number of ether oxygens (including phenoxy) is 1. The Labute approximate surface area is 162 Å². The van der Waals surface area contributed by atoms with Crippen LogP contribution in [0.1, 0.15) is 23.7 Å². The number of amides is 1. The van der Waals surface area contributed by atoms with Gasteiger partial charge in [0.25, 0.3) is 0 Å². The zero-order valence-corrected chi connectivity index (χ0v) is 15.5. The van der Waals surface area contributed by atoms with Gasteiger partial charge in [0.05, 0.1) is 25.0 Å². The Morgan fingerprint density at radius 1 is 1.18 bits per heavy atom. The minimum Gasteiger partial charge on any atom is -0.481 e. The molecule has 3 heterocycles. The van der Waals surface area contributed by atoms with Crippen molar-refractivity contribution >= 4 is 23.7 Å². The van der Waals surface area contributed by atoms with Crippen LogP contribution in [0.5, 0.6) is 5.88 Å². The molecular weight excluding hydrogens is 357 g/mol. The van der Waals surface area contributed by atoms with Gasteiger partial charge in [-0.3, -0.25) is 4.79 Å². The van der Waals surface area contributed by atoms with Gasteiger partial charge in [-0.05, 0) is 29.8 Å². The first kappa shape index (κ1) is 17.9. The Balaban J connectivity index is 1.83. The van der Waals surface area contributed by atoms with Gasteiger partial charge in [0.2, 0.25) is 11.8 Å². The fraction of sp³-hybridized carbons (Fsp3) is 0.136. The van der Waals surface area contributed by atoms with E-state index in [-0.39, 0.29) is 18.1 Å². The van der Waals surface area contributed by atoms with E-state index in [2.05, 4.69) is 9.97 Å². The third kappa shape index (κ3) is 3.24. The summed E-state index contributed by atoms with van der Waals surface area (Å²) in [4.78, 5) is 22.5. The largest absolute Gasteiger partial charge is 0.481 e. The van der Waals surface area contributed by atoms with Crippen LogP contribution in [0.3, 0.4) is 0 Å². The van der Waals surface area contributed by atoms with Gasteiger partial charge in [0, 0.05) is 30.3 Å². The molecule has 0 radical (unpaired) electrons. The zero-order valence-electron chi connectivity index (χ0n) is 15.5. The highest BCUT2D eigenvalue weighted by atomic mass is 19.1. The standard InChI is InChI=1S/C22H18FN3O2/c1-14(27)26-13-17-11-18(23)22(16-8-10-21(28-2)24-12-16)25-19(17)9-7-15-5-3-4-6-20(15)26/h3-12H,13H2,1-2H3. The molecule has 1 amide bonds. The number of aromatic nitrogens is 2. The topological polar surface area (TPSA) is 55.3 Å². The minimum absolute atomic E-state index is 0.113. The van der Waals surface area contributed by atoms with Crippen molar-refractivity contribution in [1.82, 2.24) is 9.97 Å². The average molecular weight is 375 g/mol. The number of benzene rings is 1. The Bertz CT molecular complexity index is 1080. The molecule has 0 atom stereocenters. The van der Waals surface area contributed by atoms with Crippen LogP contribution in [0.4, 0.5) is 10.1 Å². The van der Waals surface area contributed by atoms with Gasteiger partial charge in [-0.15, -0.1) is 0 Å². The van der Waals surface area contributed by atoms with E-state index in [1.165, 1.54) is 26.3 Å². The summed E-state index contributed by atoms with van der Waals surface area (Å²) in [7, 11) is 1.52. The van der Waals surface area contributed by atoms with E-state index >= 15 is 0 Å². The van der Waals surface area contributed by atoms with Crippen molar-refractivity contribution in [3.63, 3.8) is 0 Å². The molecule has 1 aliphatic rings. The fourth-order valence-electron chi connectivity index (χ4n) is 3.23. The van der Waals surface area contributed by atoms with Crippen molar-refractivity contribution in [2.45, 2.75) is 13.5 Å². The molecule has 1 aromatic carbocycles. The normalized spacial score (nSPS) is 12.6. The van der Waals surface area contributed by atoms with Crippen molar-refractivity contribution in [2.24, 2.45) is 0 Å². The molecule has 140 valence electrons. The number of carbonyl (C=O) groups is 1. The minimum atomic E-state index is -0.462. The Morgan fingerprint density at radius 2 is 2.00 bits per heavy atom. The maximum atomic E-state index is 14.9. The third-order valence-electron chi connectivity index (χ3n) is 4.66. The van der Waals surface area contributed by atoms with E-state index in [0.29, 0.717) is 22.7 Å². The van der Waals surface area contributed by atoms with Gasteiger partial charge in [0.15, 0.2) is 0 Å². The molecule has 0 N–H and O–H groups in total. The molecule has 28 heavy (non-hydrogen) atoms. The van der Waals surface area contributed by atoms with E-state index in [1.54, 1.807) is 17.0 Å². The van der Waals surface area contributed by atoms with E-state index < -0.39 is 5.82 Å². The summed E-state index contributed by atoms with van der Waals surface area (Å²) in [6.45, 7) is 1.75. The Hall–Kier alpha value is -3.54. The van der Waals surface area contributed by atoms with Crippen LogP contribution >= 0.6 is 0 Å². The molecule has 4 rings (SSSR count). The van der Waals surface area contributed by atoms with Crippen LogP contribution in [-0.2, 0) is 11.3 Å². The van der Waals surface area contributed by atoms with Gasteiger partial charge in [-0.2, -0.15) is 0 Å². The quantitative estimate of drug-likeness (QED) is 0.669. The summed E-state index contributed by atoms with van der Waals surface area (Å²) >= 11 is 0. The summed E-state index contributed by atoms with van der Waals surface area (Å²) in [5.41, 5.74) is 3.72. The summed E-state index contributed by atoms with van der Waals surface area (Å²) < 4.78 is 19.9. The van der Waals surface area contributed by atoms with Crippen LogP contribution in [-0.4, -0.2) is 23.0 Å². The molecule has 0 bridgehead atoms. The van der Waals surface area contributed by atoms with Gasteiger partial charge < -0.3 is 9.64 Å². The van der Waals surface area contributed by atoms with Crippen molar-refractivity contribution in [3.8, 4) is 17.1 Å². The van der Waals surface area contributed by atoms with E-state index in [0.717, 1.165) is 11.3 Å². The highest BCUT2D eigenvalue weighted by Crippen LogP contribution is 2.31. The van der Waals surface area contributed by atoms with E-state index in [1.807, 2.05) is 36.4 Å². The van der Waals surface area contributed by atoms with Gasteiger partial charge in [-0.1, -0.05) is 24.3 Å². The number of carbonyl (C=O) groups excluding carboxylic acids is 1. The van der Waals surface area contributed by atoms with Gasteiger partial charge in [0.1, 0.15) is 11.5 Å². The molecule has 1 aliphatic heterocycles. The molecule has 3 aromatic rings. The Morgan fingerprint density at radius 3 is 2.71 bits per heavy atom. The van der Waals surface area contributed by atoms with Gasteiger partial charge in [-0.25, -0.2) is 14.4 Å². The molecule has 0 saturated carbocycles. The predicted octanol–water partition coefficient (Wildman–Crippen LogP) is 4.33. The van der Waals surface area contributed by atoms with Crippen LogP contribution in [0.15, 0.2) is 48.7 Å². The lowest BCUT2D eigenvalue weighted by molar-refractivity contribution is -0.116. The number of halogens is 1. The SMILES string of the molecule is COc1ccc(-c2nc3c(cc2F)CN(C(C)=O)c2ccccc2C=C3)cn1. The lowest BCUT2D eigenvalue weighted by Crippen LogP contribution is -2.29. The van der Waals surface area contributed by atoms with Crippen LogP contribution < -0.4 is 9.64 Å². The molecule has 2 aromatic heterocycles. The van der Waals surface area contributed by atoms with Crippen LogP contribution in [0.25, 0.3) is 23.4 Å². The van der Waals surface area contributed by atoms with E-state index in [9.17, 15) is 9.18 Å². The lowest BCUT2D eigenvalue weighted by Gasteiger charge is -2.25. The lowest BCUT2D eigenvalue weighted by atomic mass is 10.0. The van der Waals surface area contributed by atoms with Crippen molar-refractivity contribution in [2.75, 3.05) is 12.0 Å². The number of pyridine rings is 2. The van der Waals surface area contributed by atoms with Crippen LogP contribution in [0, 0.1) is 5.82 Å². The first-order valence-electron chi connectivity index (χ1n) is 8.82. The molecule has 5 nitrogen and oxygen atoms in total. The second-order valence-corrected chi connectivity index (χ2v) is 6.45. The number of hydrogen-bond acceptors (Lipinski definition) is 4. The number of hydrogen-bond donors (Lipinski definition) is 0. The second kappa shape index (κ2) is 7.23. The number of rotatable bonds is 2. The summed E-state index contributed by atoms with van der Waals surface area (Å²) in [6, 6.07) is 12.4. The van der Waals surface area contributed by atoms with Crippen LogP contribution in [0.2, 0.25) is 0 Å². The molecule has 0 spiro atoms. The monoisotopic (exact) mass is 375 g/mol. The first-order valence-corrected chi connectivity index (χ1v) is 8.82. The number of fused-ring (bicyclic) bond motifs is 2. The van der Waals surface area contributed by atoms with Crippen molar-refractivity contribution < 1.29 is 13.9 Å². The third-order valence-corrected chi connectivity index (χ3v) is 4.66. The predicted molar refractivity (Wildman–Crippen MR) is 106 cm³/mol. The molecule has 0 unspecified atom stereocenters. The highest BCUT2D eigenvalue weighted by molar-refractivity contribution is 5.95. The average Bonchev–Trinajstić information content (AvgIpc) is 2.70. The molecule has 0 fully saturated rings. The Kier molecular flexibility index (Phi) is 4.61. The maximum absolute atomic E-state index is 14.9. The highest BCUT2D eigenvalue weighted by Gasteiger charge is 2.21. The second-order valence-electron chi connectivity index (χ2n) is 6.45. The number of para-hydroxylation sites is 1. The van der Waals surface area contributed by atoms with Crippen molar-refractivity contribution in [1.29, 1.82) is 0 Å². The molecular formula is C22H18FN3O2. The fourth-order valence-corrected chi connectivity index (χ4v) is 3.23. The smallest absolute Gasteiger partial charge is 0.224 e. The van der Waals surface area contributed by atoms with Gasteiger partial charge >= 0.3 is 0 Å². The first-order chi connectivity index (χ1) is 13.6. The molecule has 0 aliphatic carbocycles. The molecule has 0 saturated heterocycles. The number of methoxy groups -OCH3 is 1. The zero-order chi connectivity index (χ0) is 19.7. The summed E-state index contributed by atoms with van der Waals surface area (Å²) in [6.07, 6.45) is 5.27. The molecule has 6 heteroatoms. The van der Waals surface area contributed by atoms with Crippen molar-refractivity contribution in [3.05, 3.63) is 71.3 Å². The maximum Gasteiger partial charge on any atom is 0.224 e. The number of anilines is 1. The summed E-state index contributed by atoms with van der Waals surface area (Å²) in [5.74, 6) is -0.127.